The summed E-state index contributed by atoms with van der Waals surface area (Å²) in [5.74, 6) is 1.33. The van der Waals surface area contributed by atoms with E-state index in [9.17, 15) is 0 Å². The van der Waals surface area contributed by atoms with Gasteiger partial charge < -0.3 is 14.4 Å². The number of aliphatic hydroxyl groups excluding tert-OH is 1. The molecule has 1 aliphatic rings. The average molecular weight is 250 g/mol. The second kappa shape index (κ2) is 4.87. The molecule has 1 fully saturated rings. The summed E-state index contributed by atoms with van der Waals surface area (Å²) in [6.07, 6.45) is 2.57. The van der Waals surface area contributed by atoms with Crippen LogP contribution in [0.3, 0.4) is 0 Å². The highest BCUT2D eigenvalue weighted by atomic mass is 16.5. The molecular weight excluding hydrogens is 236 g/mol. The summed E-state index contributed by atoms with van der Waals surface area (Å²) < 4.78 is 12.2. The molecule has 2 aromatic rings. The van der Waals surface area contributed by atoms with Crippen molar-refractivity contribution in [3.05, 3.63) is 18.1 Å². The van der Waals surface area contributed by atoms with Gasteiger partial charge in [0.2, 0.25) is 0 Å². The molecule has 7 heteroatoms. The quantitative estimate of drug-likeness (QED) is 0.846. The second-order valence-corrected chi connectivity index (χ2v) is 4.18. The Morgan fingerprint density at radius 2 is 2.44 bits per heavy atom. The molecule has 7 nitrogen and oxygen atoms in total. The van der Waals surface area contributed by atoms with Crippen molar-refractivity contribution in [2.45, 2.75) is 18.9 Å². The maximum atomic E-state index is 8.94. The molecule has 96 valence electrons. The van der Waals surface area contributed by atoms with E-state index in [0.717, 1.165) is 18.7 Å². The Hall–Kier alpha value is -1.73. The van der Waals surface area contributed by atoms with Crippen molar-refractivity contribution >= 4 is 0 Å². The van der Waals surface area contributed by atoms with E-state index in [1.807, 2.05) is 0 Å². The maximum absolute atomic E-state index is 8.94. The van der Waals surface area contributed by atoms with Crippen molar-refractivity contribution in [1.82, 2.24) is 19.9 Å². The van der Waals surface area contributed by atoms with Crippen molar-refractivity contribution < 1.29 is 14.4 Å². The molecule has 2 aromatic heterocycles. The monoisotopic (exact) mass is 250 g/mol. The summed E-state index contributed by atoms with van der Waals surface area (Å²) in [6.45, 7) is 1.82. The molecule has 0 saturated carbocycles. The van der Waals surface area contributed by atoms with Crippen LogP contribution in [-0.4, -0.2) is 44.8 Å². The molecule has 3 rings (SSSR count). The molecule has 0 aliphatic carbocycles. The van der Waals surface area contributed by atoms with Crippen LogP contribution in [0.25, 0.3) is 11.6 Å². The minimum absolute atomic E-state index is 0.0200. The second-order valence-electron chi connectivity index (χ2n) is 4.18. The largest absolute Gasteiger partial charge is 0.394 e. The van der Waals surface area contributed by atoms with Gasteiger partial charge in [0.15, 0.2) is 5.82 Å². The van der Waals surface area contributed by atoms with Crippen LogP contribution in [0.15, 0.2) is 16.8 Å². The van der Waals surface area contributed by atoms with Gasteiger partial charge in [-0.15, -0.1) is 0 Å². The molecule has 0 amide bonds. The molecule has 0 aromatic carbocycles. The van der Waals surface area contributed by atoms with E-state index in [-0.39, 0.29) is 12.5 Å². The zero-order chi connectivity index (χ0) is 12.4. The topological polar surface area (TPSA) is 86.2 Å². The highest BCUT2D eigenvalue weighted by Crippen LogP contribution is 2.25. The Balaban J connectivity index is 1.85. The lowest BCUT2D eigenvalue weighted by atomic mass is 10.1. The molecule has 1 saturated heterocycles. The van der Waals surface area contributed by atoms with Crippen LogP contribution >= 0.6 is 0 Å². The van der Waals surface area contributed by atoms with Gasteiger partial charge in [0, 0.05) is 18.7 Å². The molecule has 0 bridgehead atoms. The maximum Gasteiger partial charge on any atom is 0.276 e. The fourth-order valence-corrected chi connectivity index (χ4v) is 2.03. The highest BCUT2D eigenvalue weighted by molar-refractivity contribution is 5.46. The number of nitrogens with zero attached hydrogens (tertiary/aromatic N) is 4. The van der Waals surface area contributed by atoms with Crippen LogP contribution in [0.4, 0.5) is 0 Å². The van der Waals surface area contributed by atoms with Gasteiger partial charge in [0.25, 0.3) is 5.89 Å². The van der Waals surface area contributed by atoms with Gasteiger partial charge in [-0.3, -0.25) is 4.68 Å². The molecule has 1 aliphatic heterocycles. The zero-order valence-electron chi connectivity index (χ0n) is 9.82. The Morgan fingerprint density at radius 1 is 1.50 bits per heavy atom. The third kappa shape index (κ3) is 2.02. The predicted molar refractivity (Wildman–Crippen MR) is 60.8 cm³/mol. The van der Waals surface area contributed by atoms with Gasteiger partial charge in [-0.05, 0) is 12.5 Å². The molecule has 1 atom stereocenters. The van der Waals surface area contributed by atoms with Gasteiger partial charge in [0.1, 0.15) is 5.69 Å². The molecular formula is C11H14N4O3. The summed E-state index contributed by atoms with van der Waals surface area (Å²) in [4.78, 5) is 4.38. The first-order valence-corrected chi connectivity index (χ1v) is 5.93. The average Bonchev–Trinajstić information content (AvgIpc) is 3.10. The van der Waals surface area contributed by atoms with E-state index in [1.165, 1.54) is 0 Å². The number of ether oxygens (including phenoxy) is 1. The lowest BCUT2D eigenvalue weighted by Gasteiger charge is -2.00. The van der Waals surface area contributed by atoms with E-state index in [0.29, 0.717) is 24.9 Å². The smallest absolute Gasteiger partial charge is 0.276 e. The van der Waals surface area contributed by atoms with Gasteiger partial charge in [-0.1, -0.05) is 5.16 Å². The Bertz CT molecular complexity index is 516. The Kier molecular flexibility index (Phi) is 3.07. The van der Waals surface area contributed by atoms with Crippen LogP contribution in [0, 0.1) is 0 Å². The summed E-state index contributed by atoms with van der Waals surface area (Å²) in [6, 6.07) is 1.79. The van der Waals surface area contributed by atoms with E-state index >= 15 is 0 Å². The third-order valence-electron chi connectivity index (χ3n) is 2.98. The first-order valence-electron chi connectivity index (χ1n) is 5.93. The number of hydrogen-bond donors (Lipinski definition) is 1. The highest BCUT2D eigenvalue weighted by Gasteiger charge is 2.24. The van der Waals surface area contributed by atoms with Crippen LogP contribution in [0.2, 0.25) is 0 Å². The minimum atomic E-state index is 0.0200. The first kappa shape index (κ1) is 11.4. The van der Waals surface area contributed by atoms with Gasteiger partial charge in [-0.2, -0.15) is 10.1 Å². The standard InChI is InChI=1S/C11H14N4O3/c16-5-4-15-9(1-3-12-15)11-13-10(14-18-11)8-2-6-17-7-8/h1,3,8,16H,2,4-7H2. The van der Waals surface area contributed by atoms with Crippen LogP contribution < -0.4 is 0 Å². The summed E-state index contributed by atoms with van der Waals surface area (Å²) in [5.41, 5.74) is 0.724. The van der Waals surface area contributed by atoms with Crippen molar-refractivity contribution in [3.8, 4) is 11.6 Å². The predicted octanol–water partition coefficient (Wildman–Crippen LogP) is 0.429. The van der Waals surface area contributed by atoms with Crippen LogP contribution in [0.1, 0.15) is 18.2 Å². The molecule has 3 heterocycles. The Labute approximate surface area is 103 Å². The van der Waals surface area contributed by atoms with Crippen molar-refractivity contribution in [3.63, 3.8) is 0 Å². The van der Waals surface area contributed by atoms with E-state index < -0.39 is 0 Å². The van der Waals surface area contributed by atoms with Crippen LogP contribution in [0.5, 0.6) is 0 Å². The minimum Gasteiger partial charge on any atom is -0.394 e. The number of aromatic nitrogens is 4. The lowest BCUT2D eigenvalue weighted by molar-refractivity contribution is 0.192. The summed E-state index contributed by atoms with van der Waals surface area (Å²) in [7, 11) is 0. The van der Waals surface area contributed by atoms with Gasteiger partial charge >= 0.3 is 0 Å². The van der Waals surface area contributed by atoms with Crippen molar-refractivity contribution in [2.24, 2.45) is 0 Å². The third-order valence-corrected chi connectivity index (χ3v) is 2.98. The van der Waals surface area contributed by atoms with Crippen molar-refractivity contribution in [2.75, 3.05) is 19.8 Å². The molecule has 0 radical (unpaired) electrons. The van der Waals surface area contributed by atoms with Crippen LogP contribution in [-0.2, 0) is 11.3 Å². The number of rotatable bonds is 4. The first-order chi connectivity index (χ1) is 8.88. The van der Waals surface area contributed by atoms with E-state index in [2.05, 4.69) is 15.2 Å². The molecule has 1 N–H and O–H groups in total. The van der Waals surface area contributed by atoms with Gasteiger partial charge in [-0.25, -0.2) is 0 Å². The molecule has 1 unspecified atom stereocenters. The fraction of sp³-hybridized carbons (Fsp3) is 0.545. The number of hydrogen-bond acceptors (Lipinski definition) is 6. The summed E-state index contributed by atoms with van der Waals surface area (Å²) in [5, 5.41) is 17.0. The normalized spacial score (nSPS) is 19.5. The number of aliphatic hydroxyl groups is 1. The van der Waals surface area contributed by atoms with Gasteiger partial charge in [0.05, 0.1) is 19.8 Å². The van der Waals surface area contributed by atoms with E-state index in [4.69, 9.17) is 14.4 Å². The molecule has 18 heavy (non-hydrogen) atoms. The zero-order valence-corrected chi connectivity index (χ0v) is 9.82. The SMILES string of the molecule is OCCn1nccc1-c1nc(C2CCOC2)no1. The fourth-order valence-electron chi connectivity index (χ4n) is 2.03. The molecule has 0 spiro atoms. The van der Waals surface area contributed by atoms with Crippen molar-refractivity contribution in [1.29, 1.82) is 0 Å². The lowest BCUT2D eigenvalue weighted by Crippen LogP contribution is -2.05. The summed E-state index contributed by atoms with van der Waals surface area (Å²) >= 11 is 0. The van der Waals surface area contributed by atoms with E-state index in [1.54, 1.807) is 16.9 Å². The Morgan fingerprint density at radius 3 is 3.22 bits per heavy atom.